The molecule has 0 unspecified atom stereocenters. The number of hydrogen-bond acceptors (Lipinski definition) is 6. The molecule has 7 heteroatoms. The van der Waals surface area contributed by atoms with E-state index < -0.39 is 11.7 Å². The molecule has 1 aromatic carbocycles. The normalized spacial score (nSPS) is 15.4. The Balaban J connectivity index is 2.11. The highest BCUT2D eigenvalue weighted by Crippen LogP contribution is 2.26. The number of carbonyl (C=O) groups is 1. The molecule has 0 radical (unpaired) electrons. The fraction of sp³-hybridized carbons (Fsp3) is 0.429. The number of carbonyl (C=O) groups excluding carboxylic acids is 1. The summed E-state index contributed by atoms with van der Waals surface area (Å²) in [6.45, 7) is 3.31. The minimum atomic E-state index is -0.544. The molecule has 7 nitrogen and oxygen atoms in total. The lowest BCUT2D eigenvalue weighted by molar-refractivity contribution is -0.141. The molecule has 0 atom stereocenters. The number of hydrogen-bond donors (Lipinski definition) is 1. The molecular formula is C14H17N3O4. The summed E-state index contributed by atoms with van der Waals surface area (Å²) in [5.41, 5.74) is 2.04. The van der Waals surface area contributed by atoms with Crippen molar-refractivity contribution in [2.24, 2.45) is 0 Å². The highest BCUT2D eigenvalue weighted by atomic mass is 16.5. The third-order valence-corrected chi connectivity index (χ3v) is 3.64. The van der Waals surface area contributed by atoms with Crippen LogP contribution < -0.4 is 16.0 Å². The number of piperazine rings is 1. The van der Waals surface area contributed by atoms with E-state index in [0.29, 0.717) is 11.1 Å². The quantitative estimate of drug-likeness (QED) is 0.813. The molecule has 1 N–H and O–H groups in total. The summed E-state index contributed by atoms with van der Waals surface area (Å²) in [6.07, 6.45) is 0. The van der Waals surface area contributed by atoms with Crippen LogP contribution in [0.15, 0.2) is 27.4 Å². The maximum absolute atomic E-state index is 12.0. The molecule has 2 heterocycles. The molecule has 112 valence electrons. The fourth-order valence-corrected chi connectivity index (χ4v) is 2.60. The molecule has 1 saturated heterocycles. The van der Waals surface area contributed by atoms with Gasteiger partial charge in [-0.15, -0.1) is 0 Å². The number of anilines is 1. The lowest BCUT2D eigenvalue weighted by Gasteiger charge is -2.29. The summed E-state index contributed by atoms with van der Waals surface area (Å²) in [6, 6.07) is 5.53. The zero-order chi connectivity index (χ0) is 14.8. The van der Waals surface area contributed by atoms with Gasteiger partial charge in [0.15, 0.2) is 5.58 Å². The van der Waals surface area contributed by atoms with E-state index in [4.69, 9.17) is 4.42 Å². The van der Waals surface area contributed by atoms with Gasteiger partial charge < -0.3 is 19.4 Å². The lowest BCUT2D eigenvalue weighted by Crippen LogP contribution is -2.43. The average Bonchev–Trinajstić information content (AvgIpc) is 2.84. The number of oxazole rings is 1. The predicted molar refractivity (Wildman–Crippen MR) is 77.6 cm³/mol. The first-order chi connectivity index (χ1) is 10.2. The molecule has 2 aromatic rings. The van der Waals surface area contributed by atoms with Gasteiger partial charge >= 0.3 is 11.7 Å². The van der Waals surface area contributed by atoms with E-state index >= 15 is 0 Å². The van der Waals surface area contributed by atoms with Crippen LogP contribution in [0.5, 0.6) is 0 Å². The van der Waals surface area contributed by atoms with E-state index in [2.05, 4.69) is 15.0 Å². The molecular weight excluding hydrogens is 274 g/mol. The van der Waals surface area contributed by atoms with E-state index in [1.165, 1.54) is 11.7 Å². The summed E-state index contributed by atoms with van der Waals surface area (Å²) < 4.78 is 11.2. The maximum Gasteiger partial charge on any atom is 0.420 e. The SMILES string of the molecule is COC(=O)Cn1c(=O)oc2cccc(N3CCNCC3)c21. The Kier molecular flexibility index (Phi) is 3.66. The van der Waals surface area contributed by atoms with Crippen molar-refractivity contribution >= 4 is 22.8 Å². The van der Waals surface area contributed by atoms with Crippen molar-refractivity contribution in [3.05, 3.63) is 28.7 Å². The Morgan fingerprint density at radius 2 is 2.14 bits per heavy atom. The van der Waals surface area contributed by atoms with Crippen LogP contribution in [0.3, 0.4) is 0 Å². The number of methoxy groups -OCH3 is 1. The zero-order valence-electron chi connectivity index (χ0n) is 11.8. The second-order valence-corrected chi connectivity index (χ2v) is 4.89. The van der Waals surface area contributed by atoms with Gasteiger partial charge in [-0.25, -0.2) is 4.79 Å². The first kappa shape index (κ1) is 13.7. The number of nitrogens with one attached hydrogen (secondary N) is 1. The summed E-state index contributed by atoms with van der Waals surface area (Å²) in [5.74, 6) is -1.02. The average molecular weight is 291 g/mol. The van der Waals surface area contributed by atoms with Gasteiger partial charge in [-0.05, 0) is 12.1 Å². The van der Waals surface area contributed by atoms with Crippen molar-refractivity contribution in [3.8, 4) is 0 Å². The first-order valence-corrected chi connectivity index (χ1v) is 6.85. The lowest BCUT2D eigenvalue weighted by atomic mass is 10.2. The molecule has 0 amide bonds. The topological polar surface area (TPSA) is 76.7 Å². The number of para-hydroxylation sites is 1. The number of ether oxygens (including phenoxy) is 1. The van der Waals surface area contributed by atoms with Crippen LogP contribution in [0.4, 0.5) is 5.69 Å². The summed E-state index contributed by atoms with van der Waals surface area (Å²) >= 11 is 0. The summed E-state index contributed by atoms with van der Waals surface area (Å²) in [5, 5.41) is 3.29. The van der Waals surface area contributed by atoms with Gasteiger partial charge in [0.05, 0.1) is 12.8 Å². The fourth-order valence-electron chi connectivity index (χ4n) is 2.60. The third-order valence-electron chi connectivity index (χ3n) is 3.64. The van der Waals surface area contributed by atoms with Gasteiger partial charge in [-0.2, -0.15) is 0 Å². The number of rotatable bonds is 3. The summed E-state index contributed by atoms with van der Waals surface area (Å²) in [7, 11) is 1.30. The number of esters is 1. The van der Waals surface area contributed by atoms with Gasteiger partial charge in [-0.1, -0.05) is 6.07 Å². The van der Waals surface area contributed by atoms with E-state index in [1.807, 2.05) is 12.1 Å². The van der Waals surface area contributed by atoms with Crippen molar-refractivity contribution in [2.75, 3.05) is 38.2 Å². The number of nitrogens with zero attached hydrogens (tertiary/aromatic N) is 2. The first-order valence-electron chi connectivity index (χ1n) is 6.85. The Morgan fingerprint density at radius 1 is 1.38 bits per heavy atom. The number of benzene rings is 1. The highest BCUT2D eigenvalue weighted by molar-refractivity contribution is 5.88. The van der Waals surface area contributed by atoms with Crippen LogP contribution in [0.25, 0.3) is 11.1 Å². The van der Waals surface area contributed by atoms with Gasteiger partial charge in [0, 0.05) is 26.2 Å². The number of aromatic nitrogens is 1. The predicted octanol–water partition coefficient (Wildman–Crippen LogP) is 0.177. The van der Waals surface area contributed by atoms with Crippen molar-refractivity contribution in [1.82, 2.24) is 9.88 Å². The largest absolute Gasteiger partial charge is 0.468 e. The van der Waals surface area contributed by atoms with Crippen LogP contribution in [-0.2, 0) is 16.1 Å². The Bertz CT molecular complexity index is 713. The monoisotopic (exact) mass is 291 g/mol. The van der Waals surface area contributed by atoms with Crippen LogP contribution in [0, 0.1) is 0 Å². The molecule has 1 fully saturated rings. The molecule has 0 spiro atoms. The van der Waals surface area contributed by atoms with Crippen molar-refractivity contribution in [2.45, 2.75) is 6.54 Å². The van der Waals surface area contributed by atoms with Crippen molar-refractivity contribution in [3.63, 3.8) is 0 Å². The van der Waals surface area contributed by atoms with Gasteiger partial charge in [0.25, 0.3) is 0 Å². The minimum absolute atomic E-state index is 0.147. The van der Waals surface area contributed by atoms with Crippen molar-refractivity contribution in [1.29, 1.82) is 0 Å². The van der Waals surface area contributed by atoms with E-state index in [9.17, 15) is 9.59 Å². The third kappa shape index (κ3) is 2.52. The van der Waals surface area contributed by atoms with E-state index in [0.717, 1.165) is 31.9 Å². The molecule has 3 rings (SSSR count). The van der Waals surface area contributed by atoms with Crippen LogP contribution in [-0.4, -0.2) is 43.8 Å². The Labute approximate surface area is 121 Å². The second kappa shape index (κ2) is 5.61. The Hall–Kier alpha value is -2.28. The van der Waals surface area contributed by atoms with E-state index in [1.54, 1.807) is 6.07 Å². The molecule has 0 bridgehead atoms. The molecule has 21 heavy (non-hydrogen) atoms. The molecule has 0 aliphatic carbocycles. The standard InChI is InChI=1S/C14H17N3O4/c1-20-12(18)9-17-13-10(16-7-5-15-6-8-16)3-2-4-11(13)21-14(17)19/h2-4,15H,5-9H2,1H3. The van der Waals surface area contributed by atoms with Gasteiger partial charge in [0.1, 0.15) is 12.1 Å². The summed E-state index contributed by atoms with van der Waals surface area (Å²) in [4.78, 5) is 25.7. The zero-order valence-corrected chi connectivity index (χ0v) is 11.8. The van der Waals surface area contributed by atoms with Crippen molar-refractivity contribution < 1.29 is 13.9 Å². The molecule has 0 saturated carbocycles. The minimum Gasteiger partial charge on any atom is -0.468 e. The maximum atomic E-state index is 12.0. The smallest absolute Gasteiger partial charge is 0.420 e. The molecule has 1 aliphatic heterocycles. The van der Waals surface area contributed by atoms with Crippen LogP contribution >= 0.6 is 0 Å². The van der Waals surface area contributed by atoms with Crippen LogP contribution in [0.2, 0.25) is 0 Å². The van der Waals surface area contributed by atoms with Gasteiger partial charge in [0.2, 0.25) is 0 Å². The highest BCUT2D eigenvalue weighted by Gasteiger charge is 2.20. The molecule has 1 aliphatic rings. The van der Waals surface area contributed by atoms with Crippen LogP contribution in [0.1, 0.15) is 0 Å². The number of fused-ring (bicyclic) bond motifs is 1. The molecule has 1 aromatic heterocycles. The van der Waals surface area contributed by atoms with Gasteiger partial charge in [-0.3, -0.25) is 9.36 Å². The Morgan fingerprint density at radius 3 is 2.86 bits per heavy atom. The second-order valence-electron chi connectivity index (χ2n) is 4.89. The van der Waals surface area contributed by atoms with E-state index in [-0.39, 0.29) is 6.54 Å².